The van der Waals surface area contributed by atoms with Gasteiger partial charge in [-0.2, -0.15) is 0 Å². The second kappa shape index (κ2) is 9.58. The van der Waals surface area contributed by atoms with Gasteiger partial charge in [-0.15, -0.1) is 0 Å². The molecule has 30 heavy (non-hydrogen) atoms. The molecule has 1 aromatic heterocycles. The van der Waals surface area contributed by atoms with E-state index in [-0.39, 0.29) is 11.8 Å². The third-order valence-electron chi connectivity index (χ3n) is 5.31. The van der Waals surface area contributed by atoms with Crippen LogP contribution >= 0.6 is 0 Å². The number of fused-ring (bicyclic) bond motifs is 1. The minimum absolute atomic E-state index is 0.173. The van der Waals surface area contributed by atoms with E-state index in [1.165, 1.54) is 14.2 Å². The summed E-state index contributed by atoms with van der Waals surface area (Å²) >= 11 is 0. The molecule has 2 amide bonds. The van der Waals surface area contributed by atoms with Crippen molar-refractivity contribution in [2.45, 2.75) is 18.4 Å². The maximum atomic E-state index is 13.3. The van der Waals surface area contributed by atoms with E-state index < -0.39 is 12.0 Å². The Morgan fingerprint density at radius 3 is 2.57 bits per heavy atom. The molecule has 0 unspecified atom stereocenters. The number of amides is 2. The summed E-state index contributed by atoms with van der Waals surface area (Å²) in [5.74, 6) is -0.0851. The highest BCUT2D eigenvalue weighted by Gasteiger charge is 2.43. The summed E-state index contributed by atoms with van der Waals surface area (Å²) in [5.41, 5.74) is 1.81. The topological polar surface area (TPSA) is 90.0 Å². The van der Waals surface area contributed by atoms with E-state index in [9.17, 15) is 9.59 Å². The van der Waals surface area contributed by atoms with Crippen LogP contribution in [0.3, 0.4) is 0 Å². The average Bonchev–Trinajstić information content (AvgIpc) is 2.78. The van der Waals surface area contributed by atoms with Crippen LogP contribution in [0.1, 0.15) is 39.9 Å². The number of rotatable bonds is 8. The molecular weight excluding hydrogens is 386 g/mol. The van der Waals surface area contributed by atoms with E-state index in [0.717, 1.165) is 5.56 Å². The number of pyridine rings is 1. The van der Waals surface area contributed by atoms with E-state index in [4.69, 9.17) is 14.2 Å². The third-order valence-corrected chi connectivity index (χ3v) is 5.31. The Labute approximate surface area is 176 Å². The van der Waals surface area contributed by atoms with Crippen LogP contribution in [0.5, 0.6) is 11.5 Å². The number of aromatic nitrogens is 1. The largest absolute Gasteiger partial charge is 0.493 e. The molecule has 0 fully saturated rings. The zero-order valence-corrected chi connectivity index (χ0v) is 17.7. The molecule has 8 nitrogen and oxygen atoms in total. The highest BCUT2D eigenvalue weighted by Crippen LogP contribution is 2.45. The van der Waals surface area contributed by atoms with E-state index >= 15 is 0 Å². The van der Waals surface area contributed by atoms with Gasteiger partial charge in [0.25, 0.3) is 5.91 Å². The summed E-state index contributed by atoms with van der Waals surface area (Å²) in [5, 5.41) is 2.98. The molecule has 160 valence electrons. The van der Waals surface area contributed by atoms with Gasteiger partial charge in [-0.1, -0.05) is 6.07 Å². The number of likely N-dealkylation sites (N-methyl/N-ethyl adjacent to an activating group) is 1. The third kappa shape index (κ3) is 4.09. The number of benzene rings is 1. The first-order valence-corrected chi connectivity index (χ1v) is 9.73. The van der Waals surface area contributed by atoms with Crippen molar-refractivity contribution in [2.24, 2.45) is 0 Å². The number of methoxy groups -OCH3 is 3. The van der Waals surface area contributed by atoms with Crippen LogP contribution < -0.4 is 14.8 Å². The zero-order chi connectivity index (χ0) is 21.7. The van der Waals surface area contributed by atoms with Crippen molar-refractivity contribution >= 4 is 11.8 Å². The van der Waals surface area contributed by atoms with Gasteiger partial charge in [0.2, 0.25) is 5.91 Å². The minimum Gasteiger partial charge on any atom is -0.493 e. The van der Waals surface area contributed by atoms with Gasteiger partial charge >= 0.3 is 0 Å². The van der Waals surface area contributed by atoms with Crippen LogP contribution in [0.2, 0.25) is 0 Å². The van der Waals surface area contributed by atoms with Crippen molar-refractivity contribution in [2.75, 3.05) is 41.5 Å². The predicted molar refractivity (Wildman–Crippen MR) is 111 cm³/mol. The van der Waals surface area contributed by atoms with Crippen molar-refractivity contribution in [3.8, 4) is 11.5 Å². The lowest BCUT2D eigenvalue weighted by Gasteiger charge is -2.39. The van der Waals surface area contributed by atoms with Crippen LogP contribution in [-0.4, -0.2) is 63.2 Å². The zero-order valence-electron chi connectivity index (χ0n) is 17.7. The lowest BCUT2D eigenvalue weighted by Crippen LogP contribution is -2.46. The summed E-state index contributed by atoms with van der Waals surface area (Å²) in [6, 6.07) is 6.53. The number of carbonyl (C=O) groups excluding carboxylic acids is 2. The van der Waals surface area contributed by atoms with E-state index in [1.54, 1.807) is 49.7 Å². The molecule has 0 bridgehead atoms. The molecule has 0 saturated heterocycles. The first kappa shape index (κ1) is 21.6. The van der Waals surface area contributed by atoms with Gasteiger partial charge < -0.3 is 24.4 Å². The summed E-state index contributed by atoms with van der Waals surface area (Å²) in [6.45, 7) is 1.03. The molecule has 1 aliphatic heterocycles. The second-order valence-electron chi connectivity index (χ2n) is 7.06. The van der Waals surface area contributed by atoms with Gasteiger partial charge in [-0.25, -0.2) is 0 Å². The molecule has 0 spiro atoms. The molecule has 2 atom stereocenters. The van der Waals surface area contributed by atoms with Gasteiger partial charge in [0, 0.05) is 45.3 Å². The smallest absolute Gasteiger partial charge is 0.254 e. The number of carbonyl (C=O) groups is 2. The van der Waals surface area contributed by atoms with Gasteiger partial charge in [0.1, 0.15) is 0 Å². The Morgan fingerprint density at radius 1 is 1.20 bits per heavy atom. The highest BCUT2D eigenvalue weighted by atomic mass is 16.5. The van der Waals surface area contributed by atoms with Crippen LogP contribution in [0.15, 0.2) is 36.7 Å². The Morgan fingerprint density at radius 2 is 1.93 bits per heavy atom. The van der Waals surface area contributed by atoms with Crippen LogP contribution in [0.4, 0.5) is 0 Å². The summed E-state index contributed by atoms with van der Waals surface area (Å²) in [7, 11) is 6.36. The van der Waals surface area contributed by atoms with Crippen LogP contribution in [0, 0.1) is 0 Å². The molecule has 0 radical (unpaired) electrons. The molecule has 0 aliphatic carbocycles. The molecule has 1 N–H and O–H groups in total. The lowest BCUT2D eigenvalue weighted by atomic mass is 9.79. The fourth-order valence-corrected chi connectivity index (χ4v) is 3.84. The molecule has 8 heteroatoms. The summed E-state index contributed by atoms with van der Waals surface area (Å²) in [4.78, 5) is 32.3. The monoisotopic (exact) mass is 413 g/mol. The standard InChI is InChI=1S/C22H27N3O5/c1-25-20(14-7-5-8-23-13-14)19(21(26)24-9-6-10-28-2)15-11-17(29-3)18(30-4)12-16(15)22(25)27/h5,7-8,11-13,19-20H,6,9-10H2,1-4H3,(H,24,26)/t19-,20-/m0/s1. The van der Waals surface area contributed by atoms with Crippen molar-refractivity contribution in [1.29, 1.82) is 0 Å². The van der Waals surface area contributed by atoms with Crippen molar-refractivity contribution in [3.63, 3.8) is 0 Å². The van der Waals surface area contributed by atoms with E-state index in [0.29, 0.717) is 42.2 Å². The maximum absolute atomic E-state index is 13.3. The second-order valence-corrected chi connectivity index (χ2v) is 7.06. The Kier molecular flexibility index (Phi) is 6.89. The quantitative estimate of drug-likeness (QED) is 0.667. The fraction of sp³-hybridized carbons (Fsp3) is 0.409. The number of hydrogen-bond donors (Lipinski definition) is 1. The Hall–Kier alpha value is -3.13. The van der Waals surface area contributed by atoms with Crippen molar-refractivity contribution in [1.82, 2.24) is 15.2 Å². The Bertz CT molecular complexity index is 903. The minimum atomic E-state index is -0.630. The van der Waals surface area contributed by atoms with Gasteiger partial charge in [0.15, 0.2) is 11.5 Å². The van der Waals surface area contributed by atoms with Crippen molar-refractivity contribution in [3.05, 3.63) is 53.3 Å². The average molecular weight is 413 g/mol. The first-order chi connectivity index (χ1) is 14.5. The van der Waals surface area contributed by atoms with Gasteiger partial charge in [-0.05, 0) is 35.7 Å². The van der Waals surface area contributed by atoms with Crippen molar-refractivity contribution < 1.29 is 23.8 Å². The molecule has 2 heterocycles. The molecule has 1 aliphatic rings. The molecular formula is C22H27N3O5. The number of hydrogen-bond acceptors (Lipinski definition) is 6. The SMILES string of the molecule is COCCCNC(=O)[C@H]1c2cc(OC)c(OC)cc2C(=O)N(C)[C@H]1c1cccnc1. The van der Waals surface area contributed by atoms with E-state index in [2.05, 4.69) is 10.3 Å². The predicted octanol–water partition coefficient (Wildman–Crippen LogP) is 2.16. The van der Waals surface area contributed by atoms with Crippen LogP contribution in [0.25, 0.3) is 0 Å². The number of nitrogens with zero attached hydrogens (tertiary/aromatic N) is 2. The number of ether oxygens (including phenoxy) is 3. The molecule has 3 rings (SSSR count). The summed E-state index contributed by atoms with van der Waals surface area (Å²) in [6.07, 6.45) is 4.04. The fourth-order valence-electron chi connectivity index (χ4n) is 3.84. The molecule has 0 saturated carbocycles. The highest BCUT2D eigenvalue weighted by molar-refractivity contribution is 6.02. The molecule has 2 aromatic rings. The normalized spacial score (nSPS) is 18.0. The lowest BCUT2D eigenvalue weighted by molar-refractivity contribution is -0.124. The summed E-state index contributed by atoms with van der Waals surface area (Å²) < 4.78 is 15.9. The van der Waals surface area contributed by atoms with Crippen LogP contribution in [-0.2, 0) is 9.53 Å². The Balaban J connectivity index is 2.10. The molecule has 1 aromatic carbocycles. The van der Waals surface area contributed by atoms with E-state index in [1.807, 2.05) is 6.07 Å². The van der Waals surface area contributed by atoms with Gasteiger partial charge in [0.05, 0.1) is 26.2 Å². The maximum Gasteiger partial charge on any atom is 0.254 e. The number of nitrogens with one attached hydrogen (secondary N) is 1. The first-order valence-electron chi connectivity index (χ1n) is 9.73. The van der Waals surface area contributed by atoms with Gasteiger partial charge in [-0.3, -0.25) is 14.6 Å².